The molecule has 2 saturated heterocycles. The largest absolute Gasteiger partial charge is 0.492 e. The van der Waals surface area contributed by atoms with Gasteiger partial charge in [-0.3, -0.25) is 29.2 Å². The summed E-state index contributed by atoms with van der Waals surface area (Å²) in [6.45, 7) is 14.9. The van der Waals surface area contributed by atoms with Gasteiger partial charge in [-0.25, -0.2) is 23.4 Å². The van der Waals surface area contributed by atoms with E-state index in [0.29, 0.717) is 41.6 Å². The number of carbonyl (C=O) groups is 4. The van der Waals surface area contributed by atoms with Gasteiger partial charge < -0.3 is 35.8 Å². The number of nitrogens with one attached hydrogen (secondary N) is 5. The molecule has 2 aliphatic carbocycles. The van der Waals surface area contributed by atoms with Crippen LogP contribution in [0.4, 0.5) is 5.82 Å². The quantitative estimate of drug-likeness (QED) is 0.0664. The first-order valence-electron chi connectivity index (χ1n) is 28.0. The maximum absolute atomic E-state index is 14.8. The maximum atomic E-state index is 14.8. The summed E-state index contributed by atoms with van der Waals surface area (Å²) in [4.78, 5) is 76.6. The van der Waals surface area contributed by atoms with Crippen molar-refractivity contribution < 1.29 is 32.3 Å². The molecule has 0 bridgehead atoms. The minimum absolute atomic E-state index is 0.0624. The number of anilines is 1. The number of ether oxygens (including phenoxy) is 1. The van der Waals surface area contributed by atoms with E-state index >= 15 is 0 Å². The van der Waals surface area contributed by atoms with E-state index in [9.17, 15) is 27.6 Å². The minimum Gasteiger partial charge on any atom is -0.492 e. The minimum atomic E-state index is -3.81. The number of benzene rings is 2. The van der Waals surface area contributed by atoms with Crippen molar-refractivity contribution >= 4 is 50.2 Å². The number of likely N-dealkylation sites (N-methyl/N-ethyl adjacent to an activating group) is 1. The molecular formula is C58H78N12O7S. The Bertz CT molecular complexity index is 3070. The SMILES string of the molecule is CN[C@@H](C)C(=O)N[C@H](C(=O)N1C[C@@H](NC(=O)c2ccc(N3CCN(CCCOc4cc5ncnc(Cc6n[nH]c(C)c6C)c5cc4S(=O)(=O)C(C)(C)C)CC3)nc2)C[C@H]1C(=O)N[C@@H]1CCCc2ccccc21)C1CCCCC1. The molecule has 418 valence electrons. The van der Waals surface area contributed by atoms with E-state index in [1.54, 1.807) is 64.0 Å². The van der Waals surface area contributed by atoms with Gasteiger partial charge in [0.25, 0.3) is 5.91 Å². The number of aromatic amines is 1. The topological polar surface area (TPSA) is 237 Å². The van der Waals surface area contributed by atoms with Crippen molar-refractivity contribution in [3.63, 3.8) is 0 Å². The van der Waals surface area contributed by atoms with Gasteiger partial charge in [0.1, 0.15) is 34.9 Å². The van der Waals surface area contributed by atoms with Crippen LogP contribution in [-0.2, 0) is 37.1 Å². The Hall–Kier alpha value is -6.51. The monoisotopic (exact) mass is 1090 g/mol. The van der Waals surface area contributed by atoms with Crippen LogP contribution in [0.15, 0.2) is 66.0 Å². The summed E-state index contributed by atoms with van der Waals surface area (Å²) >= 11 is 0. The fraction of sp³-hybridized carbons (Fsp3) is 0.552. The van der Waals surface area contributed by atoms with Crippen LogP contribution in [0, 0.1) is 19.8 Å². The van der Waals surface area contributed by atoms with E-state index in [0.717, 1.165) is 112 Å². The van der Waals surface area contributed by atoms with Crippen molar-refractivity contribution in [2.45, 2.75) is 152 Å². The number of amides is 4. The Kier molecular flexibility index (Phi) is 17.5. The summed E-state index contributed by atoms with van der Waals surface area (Å²) in [7, 11) is -2.11. The zero-order chi connectivity index (χ0) is 55.3. The van der Waals surface area contributed by atoms with Crippen LogP contribution in [-0.4, -0.2) is 149 Å². The highest BCUT2D eigenvalue weighted by Crippen LogP contribution is 2.37. The summed E-state index contributed by atoms with van der Waals surface area (Å²) in [5.41, 5.74) is 6.80. The number of sulfone groups is 1. The smallest absolute Gasteiger partial charge is 0.253 e. The summed E-state index contributed by atoms with van der Waals surface area (Å²) in [6.07, 6.45) is 11.7. The molecule has 3 fully saturated rings. The van der Waals surface area contributed by atoms with E-state index in [2.05, 4.69) is 63.4 Å². The lowest BCUT2D eigenvalue weighted by Crippen LogP contribution is -2.58. The zero-order valence-corrected chi connectivity index (χ0v) is 47.2. The van der Waals surface area contributed by atoms with Crippen LogP contribution in [0.1, 0.15) is 136 Å². The lowest BCUT2D eigenvalue weighted by Gasteiger charge is -2.35. The zero-order valence-electron chi connectivity index (χ0n) is 46.4. The molecule has 3 aromatic heterocycles. The molecule has 0 spiro atoms. The van der Waals surface area contributed by atoms with Gasteiger partial charge in [0, 0.05) is 75.1 Å². The number of fused-ring (bicyclic) bond motifs is 2. The first-order valence-corrected chi connectivity index (χ1v) is 29.4. The molecule has 5 N–H and O–H groups in total. The van der Waals surface area contributed by atoms with Gasteiger partial charge in [-0.15, -0.1) is 0 Å². The molecule has 0 unspecified atom stereocenters. The second-order valence-corrected chi connectivity index (χ2v) is 25.4. The Morgan fingerprint density at radius 2 is 1.67 bits per heavy atom. The van der Waals surface area contributed by atoms with Crippen LogP contribution in [0.2, 0.25) is 0 Å². The highest BCUT2D eigenvalue weighted by atomic mass is 32.2. The molecule has 78 heavy (non-hydrogen) atoms. The molecule has 2 aliphatic heterocycles. The van der Waals surface area contributed by atoms with Crippen LogP contribution in [0.25, 0.3) is 10.9 Å². The van der Waals surface area contributed by atoms with Crippen LogP contribution >= 0.6 is 0 Å². The average molecular weight is 1090 g/mol. The van der Waals surface area contributed by atoms with Gasteiger partial charge in [0.05, 0.1) is 45.9 Å². The summed E-state index contributed by atoms with van der Waals surface area (Å²) in [5, 5.41) is 20.6. The number of piperazine rings is 1. The van der Waals surface area contributed by atoms with E-state index in [1.807, 2.05) is 32.0 Å². The number of carbonyl (C=O) groups excluding carboxylic acids is 4. The summed E-state index contributed by atoms with van der Waals surface area (Å²) in [5.74, 6) is -0.208. The lowest BCUT2D eigenvalue weighted by atomic mass is 9.83. The number of rotatable bonds is 18. The van der Waals surface area contributed by atoms with Crippen molar-refractivity contribution in [1.29, 1.82) is 0 Å². The average Bonchev–Trinajstić information content (AvgIpc) is 4.07. The van der Waals surface area contributed by atoms with E-state index in [4.69, 9.17) is 9.72 Å². The molecular weight excluding hydrogens is 1010 g/mol. The third-order valence-corrected chi connectivity index (χ3v) is 19.1. The number of hydrogen-bond donors (Lipinski definition) is 5. The lowest BCUT2D eigenvalue weighted by molar-refractivity contribution is -0.143. The van der Waals surface area contributed by atoms with Gasteiger partial charge in [0.15, 0.2) is 9.84 Å². The summed E-state index contributed by atoms with van der Waals surface area (Å²) < 4.78 is 33.3. The number of aromatic nitrogens is 5. The molecule has 1 saturated carbocycles. The number of nitrogens with zero attached hydrogens (tertiary/aromatic N) is 7. The molecule has 2 aromatic carbocycles. The fourth-order valence-corrected chi connectivity index (χ4v) is 12.8. The molecule has 4 aliphatic rings. The van der Waals surface area contributed by atoms with Crippen molar-refractivity contribution in [3.05, 3.63) is 100 Å². The van der Waals surface area contributed by atoms with Gasteiger partial charge in [-0.1, -0.05) is 43.5 Å². The van der Waals surface area contributed by atoms with Gasteiger partial charge in [-0.2, -0.15) is 5.10 Å². The maximum Gasteiger partial charge on any atom is 0.253 e. The molecule has 5 heterocycles. The third-order valence-electron chi connectivity index (χ3n) is 16.6. The Morgan fingerprint density at radius 1 is 0.897 bits per heavy atom. The molecule has 20 heteroatoms. The van der Waals surface area contributed by atoms with Crippen molar-refractivity contribution in [1.82, 2.24) is 56.2 Å². The number of H-pyrrole nitrogens is 1. The predicted molar refractivity (Wildman–Crippen MR) is 299 cm³/mol. The molecule has 0 radical (unpaired) electrons. The molecule has 4 amide bonds. The number of pyridine rings is 1. The van der Waals surface area contributed by atoms with Gasteiger partial charge in [-0.05, 0) is 134 Å². The summed E-state index contributed by atoms with van der Waals surface area (Å²) in [6, 6.07) is 12.3. The highest BCUT2D eigenvalue weighted by molar-refractivity contribution is 7.92. The van der Waals surface area contributed by atoms with Gasteiger partial charge >= 0.3 is 0 Å². The van der Waals surface area contributed by atoms with Crippen LogP contribution in [0.3, 0.4) is 0 Å². The third kappa shape index (κ3) is 12.5. The highest BCUT2D eigenvalue weighted by Gasteiger charge is 2.45. The standard InChI is InChI=1S/C58H78N12O7S/c1-36-37(2)66-67-46(36)31-47-44-30-51(78(75,76)58(4,5)6)50(32-48(44)62-35-61-47)77-28-14-23-68-24-26-69(27-25-68)52-22-21-41(33-60-52)55(72)63-42-29-49(56(73)64-45-20-13-18-39-15-11-12-19-43(39)45)70(34-42)57(74)53(40-16-9-8-10-17-40)65-54(71)38(3)59-7/h11-12,15,19,21-22,30,32-33,35,38,40,42,45,49,53,59H,8-10,13-14,16-18,20,23-29,31,34H2,1-7H3,(H,63,72)(H,64,73)(H,65,71)(H,66,67)/t38-,42-,45+,49-,53-/m0/s1. The Labute approximate surface area is 458 Å². The Balaban J connectivity index is 0.809. The number of hydrogen-bond acceptors (Lipinski definition) is 14. The molecule has 9 rings (SSSR count). The van der Waals surface area contributed by atoms with Gasteiger partial charge in [0.2, 0.25) is 17.7 Å². The number of likely N-dealkylation sites (tertiary alicyclic amines) is 1. The Morgan fingerprint density at radius 3 is 2.37 bits per heavy atom. The molecule has 5 aromatic rings. The van der Waals surface area contributed by atoms with E-state index < -0.39 is 38.8 Å². The van der Waals surface area contributed by atoms with E-state index in [-0.39, 0.29) is 59.2 Å². The second kappa shape index (κ2) is 24.2. The predicted octanol–water partition coefficient (Wildman–Crippen LogP) is 5.68. The second-order valence-electron chi connectivity index (χ2n) is 22.7. The normalized spacial score (nSPS) is 20.2. The first kappa shape index (κ1) is 56.2. The van der Waals surface area contributed by atoms with E-state index in [1.165, 1.54) is 11.9 Å². The molecule has 19 nitrogen and oxygen atoms in total. The number of aryl methyl sites for hydroxylation is 2. The van der Waals surface area contributed by atoms with Crippen LogP contribution in [0.5, 0.6) is 5.75 Å². The van der Waals surface area contributed by atoms with Crippen molar-refractivity contribution in [2.24, 2.45) is 5.92 Å². The first-order chi connectivity index (χ1) is 37.4. The molecule has 5 atom stereocenters. The van der Waals surface area contributed by atoms with Crippen molar-refractivity contribution in [2.75, 3.05) is 57.8 Å². The van der Waals surface area contributed by atoms with Crippen LogP contribution < -0.4 is 30.9 Å². The fourth-order valence-electron chi connectivity index (χ4n) is 11.5. The van der Waals surface area contributed by atoms with Crippen molar-refractivity contribution in [3.8, 4) is 5.75 Å².